The molecule has 9 nitrogen and oxygen atoms in total. The maximum Gasteiger partial charge on any atom is 0.247 e. The summed E-state index contributed by atoms with van der Waals surface area (Å²) in [5.41, 5.74) is 0.281. The fourth-order valence-corrected chi connectivity index (χ4v) is 3.61. The van der Waals surface area contributed by atoms with E-state index in [1.165, 1.54) is 0 Å². The second-order valence-corrected chi connectivity index (χ2v) is 9.31. The number of aromatic nitrogens is 1. The van der Waals surface area contributed by atoms with E-state index in [2.05, 4.69) is 15.8 Å². The Bertz CT molecular complexity index is 1010. The van der Waals surface area contributed by atoms with Crippen LogP contribution in [0.3, 0.4) is 0 Å². The fourth-order valence-electron chi connectivity index (χ4n) is 3.61. The van der Waals surface area contributed by atoms with Crippen LogP contribution in [0.15, 0.2) is 34.9 Å². The van der Waals surface area contributed by atoms with Gasteiger partial charge >= 0.3 is 0 Å². The Morgan fingerprint density at radius 1 is 1.21 bits per heavy atom. The van der Waals surface area contributed by atoms with Crippen molar-refractivity contribution >= 4 is 23.5 Å². The van der Waals surface area contributed by atoms with E-state index in [4.69, 9.17) is 9.26 Å². The van der Waals surface area contributed by atoms with E-state index < -0.39 is 11.6 Å². The Morgan fingerprint density at radius 2 is 1.88 bits per heavy atom. The number of benzene rings is 1. The maximum absolute atomic E-state index is 13.5. The van der Waals surface area contributed by atoms with Crippen LogP contribution < -0.4 is 15.4 Å². The van der Waals surface area contributed by atoms with Crippen molar-refractivity contribution < 1.29 is 23.6 Å². The van der Waals surface area contributed by atoms with Gasteiger partial charge in [0.15, 0.2) is 5.82 Å². The van der Waals surface area contributed by atoms with E-state index in [1.807, 2.05) is 32.9 Å². The van der Waals surface area contributed by atoms with Crippen molar-refractivity contribution in [3.63, 3.8) is 0 Å². The zero-order chi connectivity index (χ0) is 24.9. The summed E-state index contributed by atoms with van der Waals surface area (Å²) in [6, 6.07) is 7.96. The Balaban J connectivity index is 1.79. The van der Waals surface area contributed by atoms with Gasteiger partial charge in [0.05, 0.1) is 7.11 Å². The molecule has 0 bridgehead atoms. The molecule has 1 fully saturated rings. The molecule has 1 atom stereocenters. The molecule has 1 aromatic heterocycles. The van der Waals surface area contributed by atoms with E-state index in [1.54, 1.807) is 37.1 Å². The number of nitrogens with one attached hydrogen (secondary N) is 2. The lowest BCUT2D eigenvalue weighted by Gasteiger charge is -2.35. The second-order valence-electron chi connectivity index (χ2n) is 9.31. The number of amides is 3. The van der Waals surface area contributed by atoms with Crippen molar-refractivity contribution in [3.8, 4) is 5.75 Å². The third-order valence-electron chi connectivity index (χ3n) is 5.99. The smallest absolute Gasteiger partial charge is 0.247 e. The average molecular weight is 471 g/mol. The molecule has 1 saturated carbocycles. The number of nitrogens with zero attached hydrogens (tertiary/aromatic N) is 2. The van der Waals surface area contributed by atoms with Crippen molar-refractivity contribution in [2.24, 2.45) is 0 Å². The molecule has 1 aromatic carbocycles. The Hall–Kier alpha value is -3.36. The molecule has 0 spiro atoms. The first-order valence-electron chi connectivity index (χ1n) is 11.6. The number of carbonyl (C=O) groups excluding carboxylic acids is 3. The van der Waals surface area contributed by atoms with Gasteiger partial charge in [0.25, 0.3) is 0 Å². The van der Waals surface area contributed by atoms with Crippen molar-refractivity contribution in [2.75, 3.05) is 12.4 Å². The molecule has 2 N–H and O–H groups in total. The molecule has 184 valence electrons. The van der Waals surface area contributed by atoms with Crippen LogP contribution in [0.1, 0.15) is 70.2 Å². The summed E-state index contributed by atoms with van der Waals surface area (Å²) in [5, 5.41) is 9.46. The minimum Gasteiger partial charge on any atom is -0.497 e. The normalized spacial score (nSPS) is 14.3. The van der Waals surface area contributed by atoms with Gasteiger partial charge in [-0.2, -0.15) is 0 Å². The third-order valence-corrected chi connectivity index (χ3v) is 5.99. The summed E-state index contributed by atoms with van der Waals surface area (Å²) < 4.78 is 10.2. The van der Waals surface area contributed by atoms with Crippen LogP contribution in [0.4, 0.5) is 5.82 Å². The number of ether oxygens (including phenoxy) is 1. The van der Waals surface area contributed by atoms with Gasteiger partial charge in [-0.3, -0.25) is 14.4 Å². The molecular formula is C25H34N4O5. The summed E-state index contributed by atoms with van der Waals surface area (Å²) in [6.07, 6.45) is 2.36. The number of aryl methyl sites for hydroxylation is 1. The van der Waals surface area contributed by atoms with Crippen LogP contribution in [0, 0.1) is 6.92 Å². The molecule has 9 heteroatoms. The average Bonchev–Trinajstić information content (AvgIpc) is 3.56. The van der Waals surface area contributed by atoms with Crippen molar-refractivity contribution in [2.45, 2.75) is 77.4 Å². The molecule has 2 aromatic rings. The number of rotatable bonds is 11. The zero-order valence-corrected chi connectivity index (χ0v) is 20.5. The monoisotopic (exact) mass is 470 g/mol. The molecule has 1 aliphatic rings. The van der Waals surface area contributed by atoms with Gasteiger partial charge in [-0.05, 0) is 57.7 Å². The van der Waals surface area contributed by atoms with Crippen LogP contribution in [-0.2, 0) is 14.4 Å². The highest BCUT2D eigenvalue weighted by molar-refractivity contribution is 5.94. The van der Waals surface area contributed by atoms with E-state index in [9.17, 15) is 14.4 Å². The van der Waals surface area contributed by atoms with Crippen molar-refractivity contribution in [3.05, 3.63) is 41.7 Å². The zero-order valence-electron chi connectivity index (χ0n) is 20.5. The molecule has 3 rings (SSSR count). The van der Waals surface area contributed by atoms with Gasteiger partial charge in [-0.1, -0.05) is 24.2 Å². The molecule has 0 saturated heterocycles. The maximum atomic E-state index is 13.5. The molecule has 0 unspecified atom stereocenters. The van der Waals surface area contributed by atoms with Gasteiger partial charge in [0.1, 0.15) is 17.6 Å². The lowest BCUT2D eigenvalue weighted by atomic mass is 9.98. The highest BCUT2D eigenvalue weighted by Gasteiger charge is 2.42. The van der Waals surface area contributed by atoms with Gasteiger partial charge in [0, 0.05) is 30.5 Å². The van der Waals surface area contributed by atoms with Crippen LogP contribution >= 0.6 is 0 Å². The second kappa shape index (κ2) is 10.7. The largest absolute Gasteiger partial charge is 0.497 e. The SMILES string of the molecule is CCC(C)(C)NC(=O)[C@H](c1ccc(OC)cc1)N(C(=O)CCC(=O)Nc1cc(C)on1)C1CC1. The van der Waals surface area contributed by atoms with Crippen molar-refractivity contribution in [1.29, 1.82) is 0 Å². The molecule has 34 heavy (non-hydrogen) atoms. The summed E-state index contributed by atoms with van der Waals surface area (Å²) in [7, 11) is 1.58. The predicted octanol–water partition coefficient (Wildman–Crippen LogP) is 3.75. The number of hydrogen-bond acceptors (Lipinski definition) is 6. The summed E-state index contributed by atoms with van der Waals surface area (Å²) in [4.78, 5) is 40.9. The van der Waals surface area contributed by atoms with Crippen LogP contribution in [0.2, 0.25) is 0 Å². The van der Waals surface area contributed by atoms with Crippen LogP contribution in [0.25, 0.3) is 0 Å². The van der Waals surface area contributed by atoms with E-state index in [0.717, 1.165) is 19.3 Å². The summed E-state index contributed by atoms with van der Waals surface area (Å²) in [5.74, 6) is 0.746. The Labute approximate surface area is 200 Å². The summed E-state index contributed by atoms with van der Waals surface area (Å²) >= 11 is 0. The standard InChI is InChI=1S/C25H34N4O5/c1-6-25(3,4)27-24(32)23(17-7-11-19(33-5)12-8-17)29(18-9-10-18)22(31)14-13-21(30)26-20-15-16(2)34-28-20/h7-8,11-12,15,18,23H,6,9-10,13-14H2,1-5H3,(H,27,32)(H,26,28,30)/t23-/m0/s1. The van der Waals surface area contributed by atoms with Gasteiger partial charge in [-0.25, -0.2) is 0 Å². The van der Waals surface area contributed by atoms with Crippen LogP contribution in [0.5, 0.6) is 5.75 Å². The molecule has 3 amide bonds. The quantitative estimate of drug-likeness (QED) is 0.517. The Kier molecular flexibility index (Phi) is 7.96. The van der Waals surface area contributed by atoms with Gasteiger partial charge < -0.3 is 24.8 Å². The predicted molar refractivity (Wildman–Crippen MR) is 127 cm³/mol. The minimum atomic E-state index is -0.794. The first-order valence-corrected chi connectivity index (χ1v) is 11.6. The highest BCUT2D eigenvalue weighted by atomic mass is 16.5. The Morgan fingerprint density at radius 3 is 2.41 bits per heavy atom. The minimum absolute atomic E-state index is 0.0176. The fraction of sp³-hybridized carbons (Fsp3) is 0.520. The van der Waals surface area contributed by atoms with E-state index in [-0.39, 0.29) is 36.6 Å². The van der Waals surface area contributed by atoms with Crippen LogP contribution in [-0.4, -0.2) is 46.5 Å². The first-order chi connectivity index (χ1) is 16.1. The summed E-state index contributed by atoms with van der Waals surface area (Å²) in [6.45, 7) is 7.63. The van der Waals surface area contributed by atoms with Crippen molar-refractivity contribution in [1.82, 2.24) is 15.4 Å². The van der Waals surface area contributed by atoms with Gasteiger partial charge in [-0.15, -0.1) is 0 Å². The molecule has 0 radical (unpaired) electrons. The molecule has 1 aliphatic carbocycles. The molecular weight excluding hydrogens is 436 g/mol. The molecule has 1 heterocycles. The lowest BCUT2D eigenvalue weighted by Crippen LogP contribution is -2.51. The number of anilines is 1. The lowest BCUT2D eigenvalue weighted by molar-refractivity contribution is -0.142. The van der Waals surface area contributed by atoms with Gasteiger partial charge in [0.2, 0.25) is 17.7 Å². The first kappa shape index (κ1) is 25.3. The number of carbonyl (C=O) groups is 3. The number of methoxy groups -OCH3 is 1. The molecule has 0 aliphatic heterocycles. The topological polar surface area (TPSA) is 114 Å². The third kappa shape index (κ3) is 6.59. The number of hydrogen-bond donors (Lipinski definition) is 2. The van der Waals surface area contributed by atoms with E-state index >= 15 is 0 Å². The highest BCUT2D eigenvalue weighted by Crippen LogP contribution is 2.36. The van der Waals surface area contributed by atoms with E-state index in [0.29, 0.717) is 22.9 Å².